The maximum Gasteiger partial charge on any atom is 0.269 e. The van der Waals surface area contributed by atoms with Crippen LogP contribution in [0.25, 0.3) is 0 Å². The van der Waals surface area contributed by atoms with E-state index >= 15 is 0 Å². The molecule has 0 aliphatic carbocycles. The van der Waals surface area contributed by atoms with Gasteiger partial charge in [-0.15, -0.1) is 0 Å². The third-order valence-electron chi connectivity index (χ3n) is 4.17. The zero-order valence-corrected chi connectivity index (χ0v) is 17.8. The van der Waals surface area contributed by atoms with E-state index in [0.29, 0.717) is 5.56 Å². The molecule has 7 nitrogen and oxygen atoms in total. The Hall–Kier alpha value is -3.50. The number of hydrogen-bond donors (Lipinski definition) is 3. The fourth-order valence-electron chi connectivity index (χ4n) is 2.61. The molecule has 3 aromatic carbocycles. The van der Waals surface area contributed by atoms with Crippen LogP contribution in [0, 0.1) is 11.6 Å². The largest absolute Gasteiger partial charge is 0.280 e. The van der Waals surface area contributed by atoms with E-state index in [2.05, 4.69) is 15.6 Å². The minimum Gasteiger partial charge on any atom is -0.280 e. The predicted molar refractivity (Wildman–Crippen MR) is 114 cm³/mol. The van der Waals surface area contributed by atoms with Gasteiger partial charge in [0.05, 0.1) is 11.4 Å². The van der Waals surface area contributed by atoms with Gasteiger partial charge >= 0.3 is 0 Å². The van der Waals surface area contributed by atoms with E-state index in [0.717, 1.165) is 18.2 Å². The molecule has 0 heterocycles. The lowest BCUT2D eigenvalue weighted by Crippen LogP contribution is -2.42. The highest BCUT2D eigenvalue weighted by atomic mass is 35.5. The third kappa shape index (κ3) is 6.02. The number of anilines is 1. The van der Waals surface area contributed by atoms with Gasteiger partial charge in [-0.1, -0.05) is 23.7 Å². The van der Waals surface area contributed by atoms with Crippen LogP contribution in [0.4, 0.5) is 14.5 Å². The van der Waals surface area contributed by atoms with Gasteiger partial charge in [0.15, 0.2) is 0 Å². The van der Waals surface area contributed by atoms with Crippen molar-refractivity contribution in [3.05, 3.63) is 94.5 Å². The first-order valence-corrected chi connectivity index (χ1v) is 10.9. The second kappa shape index (κ2) is 9.75. The summed E-state index contributed by atoms with van der Waals surface area (Å²) in [5.41, 5.74) is 4.92. The molecule has 0 radical (unpaired) electrons. The summed E-state index contributed by atoms with van der Waals surface area (Å²) in [7, 11) is -4.19. The lowest BCUT2D eigenvalue weighted by Gasteiger charge is -2.12. The molecular formula is C21H16ClF2N3O4S. The monoisotopic (exact) mass is 479 g/mol. The van der Waals surface area contributed by atoms with E-state index in [9.17, 15) is 26.8 Å². The van der Waals surface area contributed by atoms with Crippen molar-refractivity contribution in [1.82, 2.24) is 10.9 Å². The molecule has 0 saturated heterocycles. The molecule has 3 aromatic rings. The van der Waals surface area contributed by atoms with Gasteiger partial charge in [-0.05, 0) is 60.2 Å². The average molecular weight is 480 g/mol. The van der Waals surface area contributed by atoms with Crippen molar-refractivity contribution >= 4 is 39.1 Å². The molecular weight excluding hydrogens is 464 g/mol. The SMILES string of the molecule is O=C(Cc1ccc(F)cc1)NNC(=O)c1ccc(Cl)c(S(=O)(=O)Nc2ccc(F)cc2)c1. The normalized spacial score (nSPS) is 11.0. The van der Waals surface area contributed by atoms with E-state index in [1.807, 2.05) is 0 Å². The van der Waals surface area contributed by atoms with Crippen molar-refractivity contribution in [3.8, 4) is 0 Å². The van der Waals surface area contributed by atoms with Gasteiger partial charge in [-0.3, -0.25) is 25.2 Å². The Morgan fingerprint density at radius 1 is 0.844 bits per heavy atom. The van der Waals surface area contributed by atoms with E-state index in [-0.39, 0.29) is 27.6 Å². The number of nitrogens with one attached hydrogen (secondary N) is 3. The summed E-state index contributed by atoms with van der Waals surface area (Å²) in [5, 5.41) is -0.142. The molecule has 0 aliphatic rings. The smallest absolute Gasteiger partial charge is 0.269 e. The Bertz CT molecular complexity index is 1250. The first kappa shape index (κ1) is 23.2. The van der Waals surface area contributed by atoms with Crippen molar-refractivity contribution in [2.75, 3.05) is 4.72 Å². The molecule has 0 aliphatic heterocycles. The second-order valence-electron chi connectivity index (χ2n) is 6.56. The molecule has 0 bridgehead atoms. The van der Waals surface area contributed by atoms with Crippen LogP contribution in [0.3, 0.4) is 0 Å². The van der Waals surface area contributed by atoms with Crippen LogP contribution in [-0.2, 0) is 21.2 Å². The molecule has 3 N–H and O–H groups in total. The Kier molecular flexibility index (Phi) is 7.06. The molecule has 0 aromatic heterocycles. The van der Waals surface area contributed by atoms with Crippen LogP contribution in [0.2, 0.25) is 5.02 Å². The molecule has 11 heteroatoms. The number of halogens is 3. The lowest BCUT2D eigenvalue weighted by atomic mass is 10.1. The Morgan fingerprint density at radius 3 is 2.06 bits per heavy atom. The van der Waals surface area contributed by atoms with Gasteiger partial charge in [-0.2, -0.15) is 0 Å². The molecule has 166 valence electrons. The molecule has 0 saturated carbocycles. The third-order valence-corrected chi connectivity index (χ3v) is 6.04. The summed E-state index contributed by atoms with van der Waals surface area (Å²) < 4.78 is 53.5. The summed E-state index contributed by atoms with van der Waals surface area (Å²) in [6, 6.07) is 13.4. The van der Waals surface area contributed by atoms with E-state index in [1.54, 1.807) is 0 Å². The zero-order chi connectivity index (χ0) is 23.3. The number of amides is 2. The number of hydrazine groups is 1. The first-order valence-electron chi connectivity index (χ1n) is 9.05. The Balaban J connectivity index is 1.68. The van der Waals surface area contributed by atoms with Crippen molar-refractivity contribution in [1.29, 1.82) is 0 Å². The minimum absolute atomic E-state index is 0.0871. The van der Waals surface area contributed by atoms with Crippen molar-refractivity contribution in [3.63, 3.8) is 0 Å². The van der Waals surface area contributed by atoms with Gasteiger partial charge < -0.3 is 0 Å². The number of benzene rings is 3. The lowest BCUT2D eigenvalue weighted by molar-refractivity contribution is -0.121. The molecule has 3 rings (SSSR count). The van der Waals surface area contributed by atoms with Crippen molar-refractivity contribution < 1.29 is 26.8 Å². The standard InChI is InChI=1S/C21H16ClF2N3O4S/c22-18-10-3-14(12-19(18)32(30,31)27-17-8-6-16(24)7-9-17)21(29)26-25-20(28)11-13-1-4-15(23)5-2-13/h1-10,12,27H,11H2,(H,25,28)(H,26,29). The van der Waals surface area contributed by atoms with Crippen LogP contribution in [-0.4, -0.2) is 20.2 Å². The highest BCUT2D eigenvalue weighted by Crippen LogP contribution is 2.25. The molecule has 0 fully saturated rings. The fraction of sp³-hybridized carbons (Fsp3) is 0.0476. The predicted octanol–water partition coefficient (Wildman–Crippen LogP) is 3.42. The second-order valence-corrected chi connectivity index (χ2v) is 8.62. The van der Waals surface area contributed by atoms with Gasteiger partial charge in [0.1, 0.15) is 16.5 Å². The highest BCUT2D eigenvalue weighted by Gasteiger charge is 2.21. The summed E-state index contributed by atoms with van der Waals surface area (Å²) in [6.07, 6.45) is -0.109. The fourth-order valence-corrected chi connectivity index (χ4v) is 4.19. The van der Waals surface area contributed by atoms with E-state index in [1.165, 1.54) is 48.5 Å². The topological polar surface area (TPSA) is 104 Å². The van der Waals surface area contributed by atoms with Gasteiger partial charge in [-0.25, -0.2) is 17.2 Å². The van der Waals surface area contributed by atoms with E-state index < -0.39 is 33.5 Å². The highest BCUT2D eigenvalue weighted by molar-refractivity contribution is 7.92. The van der Waals surface area contributed by atoms with Crippen LogP contribution in [0.15, 0.2) is 71.6 Å². The molecule has 0 atom stereocenters. The van der Waals surface area contributed by atoms with Crippen LogP contribution in [0.5, 0.6) is 0 Å². The van der Waals surface area contributed by atoms with Crippen LogP contribution >= 0.6 is 11.6 Å². The van der Waals surface area contributed by atoms with E-state index in [4.69, 9.17) is 11.6 Å². The molecule has 0 unspecified atom stereocenters. The Morgan fingerprint density at radius 2 is 1.44 bits per heavy atom. The number of sulfonamides is 1. The quantitative estimate of drug-likeness (QED) is 0.471. The number of carbonyl (C=O) groups is 2. The summed E-state index contributed by atoms with van der Waals surface area (Å²) >= 11 is 6.00. The van der Waals surface area contributed by atoms with Gasteiger partial charge in [0.2, 0.25) is 5.91 Å². The molecule has 32 heavy (non-hydrogen) atoms. The maximum absolute atomic E-state index is 13.0. The average Bonchev–Trinajstić information content (AvgIpc) is 2.75. The zero-order valence-electron chi connectivity index (χ0n) is 16.2. The molecule has 2 amide bonds. The number of rotatable bonds is 6. The number of carbonyl (C=O) groups excluding carboxylic acids is 2. The minimum atomic E-state index is -4.19. The maximum atomic E-state index is 13.0. The van der Waals surface area contributed by atoms with Crippen molar-refractivity contribution in [2.45, 2.75) is 11.3 Å². The van der Waals surface area contributed by atoms with Crippen LogP contribution < -0.4 is 15.6 Å². The summed E-state index contributed by atoms with van der Waals surface area (Å²) in [6.45, 7) is 0. The molecule has 0 spiro atoms. The van der Waals surface area contributed by atoms with Gasteiger partial charge in [0, 0.05) is 11.3 Å². The number of hydrogen-bond acceptors (Lipinski definition) is 4. The van der Waals surface area contributed by atoms with Gasteiger partial charge in [0.25, 0.3) is 15.9 Å². The Labute approximate surface area is 187 Å². The van der Waals surface area contributed by atoms with Crippen LogP contribution in [0.1, 0.15) is 15.9 Å². The summed E-state index contributed by atoms with van der Waals surface area (Å²) in [4.78, 5) is 23.9. The van der Waals surface area contributed by atoms with Crippen molar-refractivity contribution in [2.24, 2.45) is 0 Å². The first-order chi connectivity index (χ1) is 15.1. The summed E-state index contributed by atoms with van der Waals surface area (Å²) in [5.74, 6) is -2.33.